The number of rotatable bonds is 7. The molecule has 0 saturated carbocycles. The maximum Gasteiger partial charge on any atom is 0.335 e. The molecular weight excluding hydrogens is 404 g/mol. The van der Waals surface area contributed by atoms with Crippen molar-refractivity contribution in [3.63, 3.8) is 0 Å². The van der Waals surface area contributed by atoms with Crippen LogP contribution in [0, 0.1) is 6.92 Å². The number of amides is 1. The first-order valence-corrected chi connectivity index (χ1v) is 10.9. The first-order chi connectivity index (χ1) is 15.4. The smallest absolute Gasteiger partial charge is 0.335 e. The molecule has 2 heterocycles. The maximum atomic E-state index is 13.2. The number of carbonyl (C=O) groups is 2. The van der Waals surface area contributed by atoms with Crippen molar-refractivity contribution in [1.29, 1.82) is 0 Å². The number of hydrogen-bond acceptors (Lipinski definition) is 4. The zero-order valence-corrected chi connectivity index (χ0v) is 18.6. The van der Waals surface area contributed by atoms with Gasteiger partial charge >= 0.3 is 5.97 Å². The van der Waals surface area contributed by atoms with Gasteiger partial charge in [-0.2, -0.15) is 5.10 Å². The van der Waals surface area contributed by atoms with Crippen molar-refractivity contribution >= 4 is 17.7 Å². The third kappa shape index (κ3) is 4.23. The molecule has 1 aliphatic heterocycles. The number of aromatic nitrogens is 2. The Balaban J connectivity index is 1.52. The van der Waals surface area contributed by atoms with Crippen LogP contribution >= 0.6 is 0 Å². The molecule has 0 fully saturated rings. The molecule has 0 unspecified atom stereocenters. The average molecular weight is 433 g/mol. The third-order valence-electron chi connectivity index (χ3n) is 6.02. The molecule has 4 rings (SSSR count). The zero-order valence-electron chi connectivity index (χ0n) is 18.6. The van der Waals surface area contributed by atoms with Crippen molar-refractivity contribution in [3.8, 4) is 0 Å². The van der Waals surface area contributed by atoms with Gasteiger partial charge in [0.1, 0.15) is 11.4 Å². The van der Waals surface area contributed by atoms with Gasteiger partial charge in [-0.3, -0.25) is 4.79 Å². The molecule has 7 nitrogen and oxygen atoms in total. The summed E-state index contributed by atoms with van der Waals surface area (Å²) in [5.41, 5.74) is 4.88. The highest BCUT2D eigenvalue weighted by Crippen LogP contribution is 2.30. The molecule has 1 atom stereocenters. The number of carbonyl (C=O) groups excluding carboxylic acids is 1. The van der Waals surface area contributed by atoms with Crippen LogP contribution in [-0.4, -0.2) is 33.3 Å². The summed E-state index contributed by atoms with van der Waals surface area (Å²) < 4.78 is 1.91. The Bertz CT molecular complexity index is 1130. The van der Waals surface area contributed by atoms with Gasteiger partial charge in [0.05, 0.1) is 23.8 Å². The summed E-state index contributed by atoms with van der Waals surface area (Å²) in [5, 5.41) is 16.7. The second kappa shape index (κ2) is 8.86. The minimum Gasteiger partial charge on any atom is -0.478 e. The summed E-state index contributed by atoms with van der Waals surface area (Å²) in [6.45, 7) is 8.18. The lowest BCUT2D eigenvalue weighted by Crippen LogP contribution is -2.29. The van der Waals surface area contributed by atoms with Crippen molar-refractivity contribution in [2.45, 2.75) is 46.3 Å². The number of anilines is 1. The molecule has 0 bridgehead atoms. The van der Waals surface area contributed by atoms with Crippen LogP contribution in [0.3, 0.4) is 0 Å². The second-order valence-electron chi connectivity index (χ2n) is 8.22. The maximum absolute atomic E-state index is 13.2. The van der Waals surface area contributed by atoms with E-state index in [-0.39, 0.29) is 17.5 Å². The van der Waals surface area contributed by atoms with E-state index in [1.807, 2.05) is 18.5 Å². The van der Waals surface area contributed by atoms with Gasteiger partial charge in [0, 0.05) is 13.1 Å². The van der Waals surface area contributed by atoms with Crippen molar-refractivity contribution in [2.75, 3.05) is 11.4 Å². The molecule has 2 aromatic carbocycles. The molecule has 32 heavy (non-hydrogen) atoms. The lowest BCUT2D eigenvalue weighted by Gasteiger charge is -2.20. The standard InChI is InChI=1S/C25H28N4O3/c1-4-18-5-7-19(8-6-18)15-28-13-14-29-24(28)22(17(3)27-29)23(30)26-16(2)20-9-11-21(12-10-20)25(31)32/h5-12,16H,4,13-15H2,1-3H3,(H,26,30)(H,31,32)/t16-/m0/s1. The normalized spacial score (nSPS) is 13.7. The first-order valence-electron chi connectivity index (χ1n) is 10.9. The fourth-order valence-corrected chi connectivity index (χ4v) is 4.15. The van der Waals surface area contributed by atoms with Gasteiger partial charge in [0.15, 0.2) is 0 Å². The first kappa shape index (κ1) is 21.6. The molecule has 0 saturated heterocycles. The number of fused-ring (bicyclic) bond motifs is 1. The second-order valence-corrected chi connectivity index (χ2v) is 8.22. The van der Waals surface area contributed by atoms with Gasteiger partial charge < -0.3 is 15.3 Å². The third-order valence-corrected chi connectivity index (χ3v) is 6.02. The van der Waals surface area contributed by atoms with Crippen molar-refractivity contribution in [3.05, 3.63) is 82.0 Å². The van der Waals surface area contributed by atoms with Crippen LogP contribution < -0.4 is 10.2 Å². The number of carboxylic acid groups (broad SMARTS) is 1. The average Bonchev–Trinajstić information content (AvgIpc) is 3.32. The summed E-state index contributed by atoms with van der Waals surface area (Å²) >= 11 is 0. The summed E-state index contributed by atoms with van der Waals surface area (Å²) in [6, 6.07) is 14.9. The van der Waals surface area contributed by atoms with Crippen LogP contribution in [0.2, 0.25) is 0 Å². The number of aryl methyl sites for hydroxylation is 2. The minimum atomic E-state index is -0.969. The predicted molar refractivity (Wildman–Crippen MR) is 123 cm³/mol. The SMILES string of the molecule is CCc1ccc(CN2CCn3nc(C)c(C(=O)N[C@@H](C)c4ccc(C(=O)O)cc4)c32)cc1. The van der Waals surface area contributed by atoms with Crippen LogP contribution in [-0.2, 0) is 19.5 Å². The van der Waals surface area contributed by atoms with Crippen molar-refractivity contribution in [2.24, 2.45) is 0 Å². The van der Waals surface area contributed by atoms with E-state index in [1.54, 1.807) is 24.3 Å². The Morgan fingerprint density at radius 1 is 1.06 bits per heavy atom. The summed E-state index contributed by atoms with van der Waals surface area (Å²) in [4.78, 5) is 26.5. The molecule has 0 radical (unpaired) electrons. The molecule has 3 aromatic rings. The molecule has 166 valence electrons. The number of nitrogens with zero attached hydrogens (tertiary/aromatic N) is 3. The Morgan fingerprint density at radius 3 is 2.34 bits per heavy atom. The highest BCUT2D eigenvalue weighted by molar-refractivity contribution is 6.00. The predicted octanol–water partition coefficient (Wildman–Crippen LogP) is 3.96. The highest BCUT2D eigenvalue weighted by Gasteiger charge is 2.30. The van der Waals surface area contributed by atoms with Crippen molar-refractivity contribution < 1.29 is 14.7 Å². The van der Waals surface area contributed by atoms with E-state index in [9.17, 15) is 9.59 Å². The van der Waals surface area contributed by atoms with E-state index >= 15 is 0 Å². The van der Waals surface area contributed by atoms with Gasteiger partial charge in [-0.25, -0.2) is 9.48 Å². The van der Waals surface area contributed by atoms with Gasteiger partial charge in [-0.15, -0.1) is 0 Å². The molecule has 1 amide bonds. The van der Waals surface area contributed by atoms with Crippen molar-refractivity contribution in [1.82, 2.24) is 15.1 Å². The lowest BCUT2D eigenvalue weighted by molar-refractivity contribution is 0.0696. The largest absolute Gasteiger partial charge is 0.478 e. The molecule has 1 aliphatic rings. The van der Waals surface area contributed by atoms with E-state index in [4.69, 9.17) is 5.11 Å². The van der Waals surface area contributed by atoms with E-state index in [0.717, 1.165) is 37.4 Å². The Labute approximate surface area is 187 Å². The van der Waals surface area contributed by atoms with Crippen LogP contribution in [0.5, 0.6) is 0 Å². The molecule has 2 N–H and O–H groups in total. The number of aromatic carboxylic acids is 1. The molecule has 0 aliphatic carbocycles. The fraction of sp³-hybridized carbons (Fsp3) is 0.320. The van der Waals surface area contributed by atoms with Crippen LogP contribution in [0.4, 0.5) is 5.82 Å². The number of carboxylic acids is 1. The van der Waals surface area contributed by atoms with E-state index < -0.39 is 5.97 Å². The van der Waals surface area contributed by atoms with Gasteiger partial charge in [-0.05, 0) is 49.1 Å². The molecule has 0 spiro atoms. The highest BCUT2D eigenvalue weighted by atomic mass is 16.4. The van der Waals surface area contributed by atoms with Crippen LogP contribution in [0.1, 0.15) is 63.0 Å². The topological polar surface area (TPSA) is 87.5 Å². The van der Waals surface area contributed by atoms with Gasteiger partial charge in [-0.1, -0.05) is 43.3 Å². The van der Waals surface area contributed by atoms with Gasteiger partial charge in [0.25, 0.3) is 5.91 Å². The molecular formula is C25H28N4O3. The molecule has 1 aromatic heterocycles. The number of hydrogen-bond donors (Lipinski definition) is 2. The quantitative estimate of drug-likeness (QED) is 0.590. The fourth-order valence-electron chi connectivity index (χ4n) is 4.15. The lowest BCUT2D eigenvalue weighted by atomic mass is 10.1. The van der Waals surface area contributed by atoms with E-state index in [2.05, 4.69) is 46.5 Å². The number of nitrogens with one attached hydrogen (secondary N) is 1. The van der Waals surface area contributed by atoms with E-state index in [0.29, 0.717) is 11.3 Å². The van der Waals surface area contributed by atoms with Gasteiger partial charge in [0.2, 0.25) is 0 Å². The Hall–Kier alpha value is -3.61. The van der Waals surface area contributed by atoms with E-state index in [1.165, 1.54) is 11.1 Å². The summed E-state index contributed by atoms with van der Waals surface area (Å²) in [6.07, 6.45) is 1.01. The summed E-state index contributed by atoms with van der Waals surface area (Å²) in [5.74, 6) is -0.288. The zero-order chi connectivity index (χ0) is 22.8. The van der Waals surface area contributed by atoms with Crippen LogP contribution in [0.15, 0.2) is 48.5 Å². The number of benzene rings is 2. The molecule has 7 heteroatoms. The Morgan fingerprint density at radius 2 is 1.72 bits per heavy atom. The van der Waals surface area contributed by atoms with Crippen LogP contribution in [0.25, 0.3) is 0 Å². The minimum absolute atomic E-state index is 0.174. The summed E-state index contributed by atoms with van der Waals surface area (Å²) in [7, 11) is 0. The Kier molecular flexibility index (Phi) is 5.99. The monoisotopic (exact) mass is 432 g/mol.